The van der Waals surface area contributed by atoms with E-state index in [9.17, 15) is 4.39 Å². The molecule has 0 aliphatic heterocycles. The third kappa shape index (κ3) is 1.03. The molecule has 0 spiro atoms. The minimum Gasteiger partial charge on any atom is -0.228 e. The molecule has 0 fully saturated rings. The Balaban J connectivity index is 3.03. The second kappa shape index (κ2) is 1.90. The average Bonchev–Trinajstić information content (AvgIpc) is 1.77. The van der Waals surface area contributed by atoms with Crippen molar-refractivity contribution < 1.29 is 4.39 Å². The van der Waals surface area contributed by atoms with Crippen molar-refractivity contribution in [2.45, 2.75) is 6.92 Å². The normalized spacial score (nSPS) is 9.25. The predicted molar refractivity (Wildman–Crippen MR) is 27.8 cm³/mol. The molecule has 1 aromatic rings. The van der Waals surface area contributed by atoms with Gasteiger partial charge in [0.2, 0.25) is 5.95 Å². The van der Waals surface area contributed by atoms with E-state index >= 15 is 0 Å². The molecule has 0 aliphatic rings. The Morgan fingerprint density at radius 1 is 1.75 bits per heavy atom. The molecule has 0 aromatic carbocycles. The first-order valence-corrected chi connectivity index (χ1v) is 2.29. The lowest BCUT2D eigenvalue weighted by Crippen LogP contribution is -1.80. The van der Waals surface area contributed by atoms with Crippen molar-refractivity contribution in [2.75, 3.05) is 0 Å². The molecule has 0 atom stereocenters. The molecule has 1 radical (unpaired) electrons. The molecule has 0 unspecified atom stereocenters. The largest absolute Gasteiger partial charge is 0.228 e. The van der Waals surface area contributed by atoms with E-state index in [4.69, 9.17) is 0 Å². The summed E-state index contributed by atoms with van der Waals surface area (Å²) in [5.74, 6) is -0.476. The van der Waals surface area contributed by atoms with Gasteiger partial charge in [-0.1, -0.05) is 0 Å². The fraction of sp³-hybridized carbons (Fsp3) is 0.167. The number of aromatic nitrogens is 1. The highest BCUT2D eigenvalue weighted by molar-refractivity contribution is 5.03. The number of rotatable bonds is 0. The Morgan fingerprint density at radius 3 is 2.88 bits per heavy atom. The molecule has 0 amide bonds. The maximum absolute atomic E-state index is 11.9. The topological polar surface area (TPSA) is 12.9 Å². The van der Waals surface area contributed by atoms with Gasteiger partial charge < -0.3 is 0 Å². The third-order valence-electron chi connectivity index (χ3n) is 0.800. The lowest BCUT2D eigenvalue weighted by atomic mass is 10.3. The van der Waals surface area contributed by atoms with Crippen LogP contribution in [-0.4, -0.2) is 4.98 Å². The van der Waals surface area contributed by atoms with E-state index < -0.39 is 5.95 Å². The van der Waals surface area contributed by atoms with Gasteiger partial charge in [-0.2, -0.15) is 4.39 Å². The van der Waals surface area contributed by atoms with Crippen LogP contribution in [0.5, 0.6) is 0 Å². The Labute approximate surface area is 47.2 Å². The molecule has 1 rings (SSSR count). The molecule has 0 N–H and O–H groups in total. The molecular formula is C6H5FN. The van der Waals surface area contributed by atoms with E-state index in [0.717, 1.165) is 5.56 Å². The smallest absolute Gasteiger partial charge is 0.213 e. The van der Waals surface area contributed by atoms with E-state index in [2.05, 4.69) is 11.1 Å². The van der Waals surface area contributed by atoms with Gasteiger partial charge in [-0.05, 0) is 18.6 Å². The van der Waals surface area contributed by atoms with Crippen LogP contribution in [0, 0.1) is 18.9 Å². The minimum absolute atomic E-state index is 0.476. The van der Waals surface area contributed by atoms with Crippen LogP contribution in [0.15, 0.2) is 12.3 Å². The standard InChI is InChI=1S/C6H5FN/c1-5-2-3-6(7)8-4-5/h3-4H,1H3. The molecule has 1 nitrogen and oxygen atoms in total. The zero-order valence-electron chi connectivity index (χ0n) is 4.48. The summed E-state index contributed by atoms with van der Waals surface area (Å²) in [5.41, 5.74) is 0.853. The summed E-state index contributed by atoms with van der Waals surface area (Å²) >= 11 is 0. The van der Waals surface area contributed by atoms with Gasteiger partial charge in [0.05, 0.1) is 0 Å². The number of hydrogen-bond acceptors (Lipinski definition) is 1. The Hall–Kier alpha value is -0.920. The highest BCUT2D eigenvalue weighted by Gasteiger charge is 1.85. The fourth-order valence-electron chi connectivity index (χ4n) is 0.406. The van der Waals surface area contributed by atoms with E-state index in [1.165, 1.54) is 12.3 Å². The first-order valence-electron chi connectivity index (χ1n) is 2.29. The molecule has 0 aliphatic carbocycles. The van der Waals surface area contributed by atoms with Gasteiger partial charge in [0, 0.05) is 12.3 Å². The van der Waals surface area contributed by atoms with Crippen molar-refractivity contribution in [3.8, 4) is 0 Å². The van der Waals surface area contributed by atoms with Gasteiger partial charge in [0.25, 0.3) is 0 Å². The van der Waals surface area contributed by atoms with E-state index in [1.807, 2.05) is 6.92 Å². The number of hydrogen-bond donors (Lipinski definition) is 0. The SMILES string of the molecule is Cc1[c]cc(F)nc1. The van der Waals surface area contributed by atoms with Crippen LogP contribution in [0.1, 0.15) is 5.56 Å². The lowest BCUT2D eigenvalue weighted by Gasteiger charge is -1.85. The second-order valence-electron chi connectivity index (χ2n) is 1.55. The fourth-order valence-corrected chi connectivity index (χ4v) is 0.406. The highest BCUT2D eigenvalue weighted by atomic mass is 19.1. The predicted octanol–water partition coefficient (Wildman–Crippen LogP) is 1.33. The lowest BCUT2D eigenvalue weighted by molar-refractivity contribution is 0.582. The summed E-state index contributed by atoms with van der Waals surface area (Å²) in [6.07, 6.45) is 1.44. The van der Waals surface area contributed by atoms with Crippen LogP contribution >= 0.6 is 0 Å². The van der Waals surface area contributed by atoms with Crippen molar-refractivity contribution in [2.24, 2.45) is 0 Å². The van der Waals surface area contributed by atoms with Crippen LogP contribution in [0.25, 0.3) is 0 Å². The van der Waals surface area contributed by atoms with Gasteiger partial charge in [0.15, 0.2) is 0 Å². The molecule has 8 heavy (non-hydrogen) atoms. The summed E-state index contributed by atoms with van der Waals surface area (Å²) in [5, 5.41) is 0. The zero-order chi connectivity index (χ0) is 5.98. The molecular weight excluding hydrogens is 105 g/mol. The quantitative estimate of drug-likeness (QED) is 0.459. The number of aryl methyl sites for hydroxylation is 1. The Bertz CT molecular complexity index is 147. The van der Waals surface area contributed by atoms with E-state index in [1.54, 1.807) is 0 Å². The summed E-state index contributed by atoms with van der Waals surface area (Å²) in [6, 6.07) is 3.88. The maximum Gasteiger partial charge on any atom is 0.213 e. The number of pyridine rings is 1. The van der Waals surface area contributed by atoms with Gasteiger partial charge in [-0.3, -0.25) is 0 Å². The van der Waals surface area contributed by atoms with Crippen molar-refractivity contribution in [3.05, 3.63) is 29.8 Å². The van der Waals surface area contributed by atoms with Crippen molar-refractivity contribution in [1.82, 2.24) is 4.98 Å². The summed E-state index contributed by atoms with van der Waals surface area (Å²) in [4.78, 5) is 3.38. The molecule has 0 saturated carbocycles. The van der Waals surface area contributed by atoms with Gasteiger partial charge in [0.1, 0.15) is 0 Å². The first-order chi connectivity index (χ1) is 3.79. The summed E-state index contributed by atoms with van der Waals surface area (Å²) in [6.45, 7) is 1.81. The second-order valence-corrected chi connectivity index (χ2v) is 1.55. The highest BCUT2D eigenvalue weighted by Crippen LogP contribution is 1.93. The molecule has 1 aromatic heterocycles. The van der Waals surface area contributed by atoms with Crippen molar-refractivity contribution in [1.29, 1.82) is 0 Å². The van der Waals surface area contributed by atoms with Gasteiger partial charge >= 0.3 is 0 Å². The molecule has 0 bridgehead atoms. The summed E-state index contributed by atoms with van der Waals surface area (Å²) in [7, 11) is 0. The monoisotopic (exact) mass is 110 g/mol. The third-order valence-corrected chi connectivity index (χ3v) is 0.800. The number of nitrogens with zero attached hydrogens (tertiary/aromatic N) is 1. The first kappa shape index (κ1) is 5.22. The van der Waals surface area contributed by atoms with Crippen LogP contribution in [0.4, 0.5) is 4.39 Å². The van der Waals surface area contributed by atoms with Crippen LogP contribution in [-0.2, 0) is 0 Å². The van der Waals surface area contributed by atoms with Crippen LogP contribution in [0.3, 0.4) is 0 Å². The number of halogens is 1. The Kier molecular flexibility index (Phi) is 1.24. The zero-order valence-corrected chi connectivity index (χ0v) is 4.48. The van der Waals surface area contributed by atoms with Crippen molar-refractivity contribution >= 4 is 0 Å². The summed E-state index contributed by atoms with van der Waals surface area (Å²) < 4.78 is 11.9. The molecule has 1 heterocycles. The molecule has 0 saturated heterocycles. The minimum atomic E-state index is -0.476. The Morgan fingerprint density at radius 2 is 2.50 bits per heavy atom. The van der Waals surface area contributed by atoms with Crippen LogP contribution < -0.4 is 0 Å². The van der Waals surface area contributed by atoms with Crippen LogP contribution in [0.2, 0.25) is 0 Å². The molecule has 41 valence electrons. The maximum atomic E-state index is 11.9. The average molecular weight is 110 g/mol. The molecule has 2 heteroatoms. The van der Waals surface area contributed by atoms with Crippen molar-refractivity contribution in [3.63, 3.8) is 0 Å². The van der Waals surface area contributed by atoms with E-state index in [0.29, 0.717) is 0 Å². The van der Waals surface area contributed by atoms with Gasteiger partial charge in [-0.25, -0.2) is 4.98 Å². The van der Waals surface area contributed by atoms with Gasteiger partial charge in [-0.15, -0.1) is 0 Å². The van der Waals surface area contributed by atoms with E-state index in [-0.39, 0.29) is 0 Å².